The van der Waals surface area contributed by atoms with Crippen molar-refractivity contribution in [1.29, 1.82) is 0 Å². The van der Waals surface area contributed by atoms with Gasteiger partial charge < -0.3 is 14.5 Å². The number of fused-ring (bicyclic) bond motifs is 1. The molecule has 0 radical (unpaired) electrons. The molecule has 3 saturated heterocycles. The average Bonchev–Trinajstić information content (AvgIpc) is 3.60. The molecule has 3 aliphatic rings. The highest BCUT2D eigenvalue weighted by Gasteiger charge is 2.48. The molecule has 0 N–H and O–H groups in total. The minimum Gasteiger partial charge on any atom is -0.372 e. The third-order valence-electron chi connectivity index (χ3n) is 8.15. The highest BCUT2D eigenvalue weighted by Crippen LogP contribution is 2.37. The molecule has 7 nitrogen and oxygen atoms in total. The predicted molar refractivity (Wildman–Crippen MR) is 155 cm³/mol. The van der Waals surface area contributed by atoms with Crippen LogP contribution in [0.4, 0.5) is 0 Å². The van der Waals surface area contributed by atoms with E-state index in [1.165, 1.54) is 12.1 Å². The summed E-state index contributed by atoms with van der Waals surface area (Å²) in [6.07, 6.45) is 1.55. The van der Waals surface area contributed by atoms with Crippen LogP contribution in [-0.2, 0) is 16.1 Å². The van der Waals surface area contributed by atoms with E-state index in [0.717, 1.165) is 17.8 Å². The molecule has 2 aromatic carbocycles. The minimum absolute atomic E-state index is 0.0659. The molecule has 3 aromatic rings. The van der Waals surface area contributed by atoms with Crippen LogP contribution in [0.3, 0.4) is 0 Å². The maximum Gasteiger partial charge on any atom is 0.254 e. The lowest BCUT2D eigenvalue weighted by Gasteiger charge is -2.39. The van der Waals surface area contributed by atoms with Crippen LogP contribution in [0.5, 0.6) is 0 Å². The lowest BCUT2D eigenvalue weighted by atomic mass is 9.87. The van der Waals surface area contributed by atoms with Crippen LogP contribution >= 0.6 is 34.8 Å². The molecule has 2 amide bonds. The molecule has 10 heteroatoms. The van der Waals surface area contributed by atoms with Crippen molar-refractivity contribution in [3.63, 3.8) is 0 Å². The largest absolute Gasteiger partial charge is 0.372 e. The van der Waals surface area contributed by atoms with Gasteiger partial charge >= 0.3 is 0 Å². The van der Waals surface area contributed by atoms with Crippen LogP contribution in [0.25, 0.3) is 0 Å². The quantitative estimate of drug-likeness (QED) is 0.386. The minimum atomic E-state index is -0.249. The maximum absolute atomic E-state index is 14.3. The van der Waals surface area contributed by atoms with E-state index in [9.17, 15) is 9.59 Å². The van der Waals surface area contributed by atoms with Crippen molar-refractivity contribution in [2.75, 3.05) is 39.3 Å². The van der Waals surface area contributed by atoms with Gasteiger partial charge in [-0.2, -0.15) is 0 Å². The summed E-state index contributed by atoms with van der Waals surface area (Å²) in [7, 11) is 0. The molecule has 0 saturated carbocycles. The molecular formula is C30H29Cl3N4O3. The van der Waals surface area contributed by atoms with Crippen molar-refractivity contribution in [1.82, 2.24) is 19.7 Å². The third-order valence-corrected chi connectivity index (χ3v) is 9.35. The summed E-state index contributed by atoms with van der Waals surface area (Å²) < 4.78 is 6.06. The number of benzene rings is 2. The lowest BCUT2D eigenvalue weighted by Crippen LogP contribution is -2.55. The standard InChI is InChI=1S/C30H29Cl3N4O3/c31-24-12-20(13-25(32)28(24)33)29(38)36-17-26-27(18-36)40-11-10-37(26)30(39)23-16-35(14-21-8-4-5-9-34-21)15-22(23)19-6-2-1-3-7-19/h1-9,12-13,22-23,26-27H,10-11,14-18H2/t22-,23+,26-,27+/m0/s1. The van der Waals surface area contributed by atoms with Gasteiger partial charge in [0.15, 0.2) is 0 Å². The summed E-state index contributed by atoms with van der Waals surface area (Å²) in [4.78, 5) is 38.1. The van der Waals surface area contributed by atoms with Crippen molar-refractivity contribution in [2.24, 2.45) is 5.92 Å². The van der Waals surface area contributed by atoms with Crippen molar-refractivity contribution >= 4 is 46.6 Å². The zero-order valence-electron chi connectivity index (χ0n) is 21.8. The van der Waals surface area contributed by atoms with Gasteiger partial charge in [0.1, 0.15) is 0 Å². The summed E-state index contributed by atoms with van der Waals surface area (Å²) in [6.45, 7) is 3.83. The van der Waals surface area contributed by atoms with E-state index in [0.29, 0.717) is 44.9 Å². The molecule has 0 aliphatic carbocycles. The Morgan fingerprint density at radius 1 is 0.925 bits per heavy atom. The van der Waals surface area contributed by atoms with Crippen LogP contribution < -0.4 is 0 Å². The second kappa shape index (κ2) is 11.7. The first-order chi connectivity index (χ1) is 19.4. The summed E-state index contributed by atoms with van der Waals surface area (Å²) in [5.41, 5.74) is 2.51. The molecule has 208 valence electrons. The van der Waals surface area contributed by atoms with Crippen LogP contribution in [-0.4, -0.2) is 83.0 Å². The monoisotopic (exact) mass is 598 g/mol. The highest BCUT2D eigenvalue weighted by atomic mass is 35.5. The van der Waals surface area contributed by atoms with Crippen LogP contribution in [0, 0.1) is 5.92 Å². The fraction of sp³-hybridized carbons (Fsp3) is 0.367. The van der Waals surface area contributed by atoms with Gasteiger partial charge in [-0.05, 0) is 29.8 Å². The molecule has 0 unspecified atom stereocenters. The fourth-order valence-electron chi connectivity index (χ4n) is 6.23. The number of hydrogen-bond donors (Lipinski definition) is 0. The number of rotatable bonds is 5. The molecule has 6 rings (SSSR count). The first kappa shape index (κ1) is 27.5. The van der Waals surface area contributed by atoms with E-state index >= 15 is 0 Å². The lowest BCUT2D eigenvalue weighted by molar-refractivity contribution is -0.147. The molecule has 1 aromatic heterocycles. The SMILES string of the molecule is O=C(c1cc(Cl)c(Cl)c(Cl)c1)N1C[C@H]2OCCN(C(=O)[C@@H]3CN(Cc4ccccn4)C[C@H]3c3ccccc3)[C@H]2C1. The summed E-state index contributed by atoms with van der Waals surface area (Å²) >= 11 is 18.4. The number of ether oxygens (including phenoxy) is 1. The van der Waals surface area contributed by atoms with Crippen LogP contribution in [0.15, 0.2) is 66.9 Å². The van der Waals surface area contributed by atoms with E-state index in [1.54, 1.807) is 11.1 Å². The molecular weight excluding hydrogens is 571 g/mol. The number of hydrogen-bond acceptors (Lipinski definition) is 5. The Hall–Kier alpha value is -2.68. The van der Waals surface area contributed by atoms with Gasteiger partial charge in [-0.15, -0.1) is 0 Å². The Morgan fingerprint density at radius 3 is 2.40 bits per heavy atom. The number of pyridine rings is 1. The third kappa shape index (κ3) is 5.46. The second-order valence-electron chi connectivity index (χ2n) is 10.6. The van der Waals surface area contributed by atoms with E-state index < -0.39 is 0 Å². The predicted octanol–water partition coefficient (Wildman–Crippen LogP) is 5.01. The Bertz CT molecular complexity index is 1370. The molecule has 40 heavy (non-hydrogen) atoms. The average molecular weight is 600 g/mol. The number of carbonyl (C=O) groups excluding carboxylic acids is 2. The first-order valence-corrected chi connectivity index (χ1v) is 14.6. The van der Waals surface area contributed by atoms with Gasteiger partial charge in [0.25, 0.3) is 5.91 Å². The number of likely N-dealkylation sites (tertiary alicyclic amines) is 2. The van der Waals surface area contributed by atoms with E-state index in [2.05, 4.69) is 22.0 Å². The Morgan fingerprint density at radius 2 is 1.68 bits per heavy atom. The smallest absolute Gasteiger partial charge is 0.254 e. The van der Waals surface area contributed by atoms with E-state index in [1.807, 2.05) is 41.3 Å². The fourth-order valence-corrected chi connectivity index (χ4v) is 6.82. The molecule has 0 bridgehead atoms. The van der Waals surface area contributed by atoms with E-state index in [4.69, 9.17) is 39.5 Å². The Balaban J connectivity index is 1.21. The molecule has 0 spiro atoms. The summed E-state index contributed by atoms with van der Waals surface area (Å²) in [5.74, 6) is -0.238. The topological polar surface area (TPSA) is 66.0 Å². The zero-order valence-corrected chi connectivity index (χ0v) is 24.0. The number of halogens is 3. The Kier molecular flexibility index (Phi) is 8.02. The number of morpholine rings is 1. The van der Waals surface area contributed by atoms with Gasteiger partial charge in [0.05, 0.1) is 45.4 Å². The molecule has 3 aliphatic heterocycles. The van der Waals surface area contributed by atoms with Crippen LogP contribution in [0.2, 0.25) is 15.1 Å². The van der Waals surface area contributed by atoms with Crippen molar-refractivity contribution in [3.8, 4) is 0 Å². The zero-order chi connectivity index (χ0) is 27.8. The van der Waals surface area contributed by atoms with Gasteiger partial charge in [0, 0.05) is 56.9 Å². The summed E-state index contributed by atoms with van der Waals surface area (Å²) in [5, 5.41) is 0.674. The highest BCUT2D eigenvalue weighted by molar-refractivity contribution is 6.48. The van der Waals surface area contributed by atoms with Gasteiger partial charge in [-0.25, -0.2) is 0 Å². The molecule has 3 fully saturated rings. The van der Waals surface area contributed by atoms with Gasteiger partial charge in [-0.1, -0.05) is 71.2 Å². The maximum atomic E-state index is 14.3. The molecule has 4 atom stereocenters. The number of carbonyl (C=O) groups is 2. The number of amides is 2. The Labute approximate surface area is 248 Å². The first-order valence-electron chi connectivity index (χ1n) is 13.4. The van der Waals surface area contributed by atoms with E-state index in [-0.39, 0.29) is 50.9 Å². The number of aromatic nitrogens is 1. The van der Waals surface area contributed by atoms with Crippen LogP contribution in [0.1, 0.15) is 27.5 Å². The number of nitrogens with zero attached hydrogens (tertiary/aromatic N) is 4. The van der Waals surface area contributed by atoms with Gasteiger partial charge in [0.2, 0.25) is 5.91 Å². The van der Waals surface area contributed by atoms with Crippen molar-refractivity contribution in [3.05, 3.63) is 98.7 Å². The van der Waals surface area contributed by atoms with Gasteiger partial charge in [-0.3, -0.25) is 19.5 Å². The summed E-state index contributed by atoms with van der Waals surface area (Å²) in [6, 6.07) is 19.0. The second-order valence-corrected chi connectivity index (χ2v) is 11.8. The normalized spacial score (nSPS) is 24.8. The van der Waals surface area contributed by atoms with Crippen molar-refractivity contribution < 1.29 is 14.3 Å². The molecule has 4 heterocycles. The van der Waals surface area contributed by atoms with Crippen molar-refractivity contribution in [2.45, 2.75) is 24.6 Å².